The standard InChI is InChI=1S/C10H7BrFN5O3/c11-6-3-5(1-2-7(6)12)20-10-8(17(18)19)9(16-13)14-4-15-10/h1-4H,13H2,(H,14,15,16). The Kier molecular flexibility index (Phi) is 4.05. The van der Waals surface area contributed by atoms with Crippen LogP contribution in [0.2, 0.25) is 0 Å². The second-order valence-corrected chi connectivity index (χ2v) is 4.31. The third-order valence-corrected chi connectivity index (χ3v) is 2.82. The smallest absolute Gasteiger partial charge is 0.374 e. The highest BCUT2D eigenvalue weighted by atomic mass is 79.9. The second-order valence-electron chi connectivity index (χ2n) is 3.46. The fourth-order valence-corrected chi connectivity index (χ4v) is 1.72. The van der Waals surface area contributed by atoms with Gasteiger partial charge in [-0.05, 0) is 34.1 Å². The topological polar surface area (TPSA) is 116 Å². The fourth-order valence-electron chi connectivity index (χ4n) is 1.36. The minimum absolute atomic E-state index is 0.156. The molecule has 0 saturated carbocycles. The summed E-state index contributed by atoms with van der Waals surface area (Å²) in [4.78, 5) is 17.6. The summed E-state index contributed by atoms with van der Waals surface area (Å²) in [5.74, 6) is 4.32. The first-order chi connectivity index (χ1) is 9.52. The molecule has 0 fully saturated rings. The van der Waals surface area contributed by atoms with Gasteiger partial charge in [0.15, 0.2) is 0 Å². The van der Waals surface area contributed by atoms with Crippen molar-refractivity contribution in [3.8, 4) is 11.6 Å². The van der Waals surface area contributed by atoms with Gasteiger partial charge >= 0.3 is 11.6 Å². The fraction of sp³-hybridized carbons (Fsp3) is 0. The molecule has 2 rings (SSSR count). The van der Waals surface area contributed by atoms with Gasteiger partial charge in [-0.3, -0.25) is 10.1 Å². The van der Waals surface area contributed by atoms with Crippen molar-refractivity contribution >= 4 is 27.4 Å². The molecule has 3 N–H and O–H groups in total. The van der Waals surface area contributed by atoms with Crippen LogP contribution < -0.4 is 16.0 Å². The van der Waals surface area contributed by atoms with Gasteiger partial charge in [0, 0.05) is 0 Å². The van der Waals surface area contributed by atoms with Crippen molar-refractivity contribution in [1.82, 2.24) is 9.97 Å². The van der Waals surface area contributed by atoms with Crippen LogP contribution in [0.4, 0.5) is 15.9 Å². The van der Waals surface area contributed by atoms with E-state index in [0.717, 1.165) is 12.4 Å². The van der Waals surface area contributed by atoms with Crippen LogP contribution in [0.25, 0.3) is 0 Å². The van der Waals surface area contributed by atoms with Gasteiger partial charge in [-0.1, -0.05) is 0 Å². The summed E-state index contributed by atoms with van der Waals surface area (Å²) in [7, 11) is 0. The van der Waals surface area contributed by atoms with Gasteiger partial charge in [-0.25, -0.2) is 15.2 Å². The Morgan fingerprint density at radius 1 is 1.45 bits per heavy atom. The Balaban J connectivity index is 2.42. The average molecular weight is 344 g/mol. The van der Waals surface area contributed by atoms with Crippen LogP contribution in [0.1, 0.15) is 0 Å². The molecule has 104 valence electrons. The van der Waals surface area contributed by atoms with Crippen LogP contribution in [0.15, 0.2) is 29.0 Å². The van der Waals surface area contributed by atoms with Gasteiger partial charge in [0.05, 0.1) is 9.40 Å². The number of benzene rings is 1. The summed E-state index contributed by atoms with van der Waals surface area (Å²) < 4.78 is 18.5. The Labute approximate surface area is 120 Å². The first-order valence-electron chi connectivity index (χ1n) is 5.12. The zero-order chi connectivity index (χ0) is 14.7. The maximum Gasteiger partial charge on any atom is 0.374 e. The number of nitrogen functional groups attached to an aromatic ring is 1. The molecule has 0 saturated heterocycles. The SMILES string of the molecule is NNc1ncnc(Oc2ccc(F)c(Br)c2)c1[N+](=O)[O-]. The van der Waals surface area contributed by atoms with Gasteiger partial charge in [0.1, 0.15) is 17.9 Å². The Hall–Kier alpha value is -2.33. The van der Waals surface area contributed by atoms with Crippen molar-refractivity contribution in [3.63, 3.8) is 0 Å². The Bertz CT molecular complexity index is 669. The van der Waals surface area contributed by atoms with Crippen molar-refractivity contribution in [2.75, 3.05) is 5.43 Å². The molecule has 1 aromatic carbocycles. The van der Waals surface area contributed by atoms with Crippen LogP contribution in [0.3, 0.4) is 0 Å². The first-order valence-corrected chi connectivity index (χ1v) is 5.91. The molecular formula is C10H7BrFN5O3. The number of nitro groups is 1. The molecule has 1 aromatic heterocycles. The summed E-state index contributed by atoms with van der Waals surface area (Å²) >= 11 is 2.98. The highest BCUT2D eigenvalue weighted by molar-refractivity contribution is 9.10. The molecule has 1 heterocycles. The van der Waals surface area contributed by atoms with E-state index in [1.54, 1.807) is 0 Å². The molecule has 2 aromatic rings. The van der Waals surface area contributed by atoms with E-state index in [9.17, 15) is 14.5 Å². The largest absolute Gasteiger partial charge is 0.434 e. The number of rotatable bonds is 4. The van der Waals surface area contributed by atoms with Gasteiger partial charge in [-0.15, -0.1) is 0 Å². The monoisotopic (exact) mass is 343 g/mol. The van der Waals surface area contributed by atoms with E-state index in [1.807, 2.05) is 0 Å². The molecule has 8 nitrogen and oxygen atoms in total. The quantitative estimate of drug-likeness (QED) is 0.497. The number of nitrogens with zero attached hydrogens (tertiary/aromatic N) is 3. The summed E-state index contributed by atoms with van der Waals surface area (Å²) in [5, 5.41) is 11.0. The lowest BCUT2D eigenvalue weighted by Gasteiger charge is -2.07. The molecule has 0 unspecified atom stereocenters. The van der Waals surface area contributed by atoms with Crippen molar-refractivity contribution in [3.05, 3.63) is 44.9 Å². The van der Waals surface area contributed by atoms with Crippen LogP contribution in [-0.2, 0) is 0 Å². The summed E-state index contributed by atoms with van der Waals surface area (Å²) in [6, 6.07) is 3.77. The first kappa shape index (κ1) is 14.1. The van der Waals surface area contributed by atoms with Crippen molar-refractivity contribution in [2.45, 2.75) is 0 Å². The number of aromatic nitrogens is 2. The minimum atomic E-state index is -0.733. The van der Waals surface area contributed by atoms with Crippen LogP contribution in [-0.4, -0.2) is 14.9 Å². The molecule has 0 aliphatic carbocycles. The number of halogens is 2. The predicted octanol–water partition coefficient (Wildman–Crippen LogP) is 2.36. The zero-order valence-corrected chi connectivity index (χ0v) is 11.3. The van der Waals surface area contributed by atoms with E-state index in [-0.39, 0.29) is 21.9 Å². The normalized spacial score (nSPS) is 10.2. The van der Waals surface area contributed by atoms with E-state index in [4.69, 9.17) is 10.6 Å². The molecule has 0 amide bonds. The maximum atomic E-state index is 13.1. The predicted molar refractivity (Wildman–Crippen MR) is 70.7 cm³/mol. The number of anilines is 1. The number of hydrogen-bond acceptors (Lipinski definition) is 7. The molecule has 10 heteroatoms. The van der Waals surface area contributed by atoms with Gasteiger partial charge < -0.3 is 10.2 Å². The van der Waals surface area contributed by atoms with Crippen LogP contribution in [0, 0.1) is 15.9 Å². The maximum absolute atomic E-state index is 13.1. The average Bonchev–Trinajstić information content (AvgIpc) is 2.42. The molecule has 20 heavy (non-hydrogen) atoms. The lowest BCUT2D eigenvalue weighted by Crippen LogP contribution is -2.12. The second kappa shape index (κ2) is 5.75. The van der Waals surface area contributed by atoms with Crippen LogP contribution >= 0.6 is 15.9 Å². The van der Waals surface area contributed by atoms with Gasteiger partial charge in [0.2, 0.25) is 5.82 Å². The minimum Gasteiger partial charge on any atom is -0.434 e. The third-order valence-electron chi connectivity index (χ3n) is 2.21. The van der Waals surface area contributed by atoms with E-state index in [0.29, 0.717) is 0 Å². The van der Waals surface area contributed by atoms with E-state index in [2.05, 4.69) is 31.3 Å². The lowest BCUT2D eigenvalue weighted by molar-refractivity contribution is -0.385. The number of hydrazine groups is 1. The molecular weight excluding hydrogens is 337 g/mol. The van der Waals surface area contributed by atoms with Crippen molar-refractivity contribution < 1.29 is 14.1 Å². The highest BCUT2D eigenvalue weighted by Gasteiger charge is 2.24. The van der Waals surface area contributed by atoms with E-state index in [1.165, 1.54) is 12.1 Å². The van der Waals surface area contributed by atoms with E-state index < -0.39 is 16.4 Å². The van der Waals surface area contributed by atoms with Crippen molar-refractivity contribution in [2.24, 2.45) is 5.84 Å². The lowest BCUT2D eigenvalue weighted by atomic mass is 10.3. The van der Waals surface area contributed by atoms with E-state index >= 15 is 0 Å². The van der Waals surface area contributed by atoms with Gasteiger partial charge in [-0.2, -0.15) is 4.98 Å². The third kappa shape index (κ3) is 2.81. The molecule has 0 atom stereocenters. The summed E-state index contributed by atoms with van der Waals surface area (Å²) in [5.41, 5.74) is 1.56. The molecule has 0 radical (unpaired) electrons. The number of ether oxygens (including phenoxy) is 1. The highest BCUT2D eigenvalue weighted by Crippen LogP contribution is 2.34. The molecule has 0 aliphatic rings. The molecule has 0 bridgehead atoms. The van der Waals surface area contributed by atoms with Crippen LogP contribution in [0.5, 0.6) is 11.6 Å². The van der Waals surface area contributed by atoms with Gasteiger partial charge in [0.25, 0.3) is 0 Å². The zero-order valence-electron chi connectivity index (χ0n) is 9.71. The molecule has 0 aliphatic heterocycles. The number of hydrogen-bond donors (Lipinski definition) is 2. The Morgan fingerprint density at radius 2 is 2.20 bits per heavy atom. The number of nitrogens with one attached hydrogen (secondary N) is 1. The van der Waals surface area contributed by atoms with Crippen molar-refractivity contribution in [1.29, 1.82) is 0 Å². The Morgan fingerprint density at radius 3 is 2.80 bits per heavy atom. The molecule has 0 spiro atoms. The summed E-state index contributed by atoms with van der Waals surface area (Å²) in [6.07, 6.45) is 1.05. The summed E-state index contributed by atoms with van der Waals surface area (Å²) in [6.45, 7) is 0. The number of nitrogens with two attached hydrogens (primary N) is 1.